The molecule has 1 aliphatic rings. The summed E-state index contributed by atoms with van der Waals surface area (Å²) in [5.74, 6) is 0.0187. The number of fused-ring (bicyclic) bond motifs is 1. The molecule has 1 aromatic carbocycles. The summed E-state index contributed by atoms with van der Waals surface area (Å²) in [7, 11) is 0. The predicted molar refractivity (Wildman–Crippen MR) is 83.4 cm³/mol. The topological polar surface area (TPSA) is 41.1 Å². The molecule has 2 N–H and O–H groups in total. The highest BCUT2D eigenvalue weighted by molar-refractivity contribution is 7.16. The number of aryl methyl sites for hydroxylation is 2. The summed E-state index contributed by atoms with van der Waals surface area (Å²) >= 11 is 1.65. The first-order valence-corrected chi connectivity index (χ1v) is 7.68. The molecule has 0 spiro atoms. The Morgan fingerprint density at radius 2 is 1.85 bits per heavy atom. The average molecular weight is 286 g/mol. The van der Waals surface area contributed by atoms with Gasteiger partial charge in [-0.3, -0.25) is 4.79 Å². The Balaban J connectivity index is 1.92. The van der Waals surface area contributed by atoms with E-state index < -0.39 is 0 Å². The number of rotatable bonds is 2. The number of benzene rings is 1. The normalized spacial score (nSPS) is 17.4. The van der Waals surface area contributed by atoms with Crippen molar-refractivity contribution in [2.45, 2.75) is 33.4 Å². The van der Waals surface area contributed by atoms with E-state index in [0.29, 0.717) is 0 Å². The van der Waals surface area contributed by atoms with Gasteiger partial charge in [-0.1, -0.05) is 31.2 Å². The van der Waals surface area contributed by atoms with Crippen molar-refractivity contribution in [1.29, 1.82) is 0 Å². The summed E-state index contributed by atoms with van der Waals surface area (Å²) in [5.41, 5.74) is 4.27. The zero-order valence-electron chi connectivity index (χ0n) is 11.9. The van der Waals surface area contributed by atoms with Crippen molar-refractivity contribution in [2.24, 2.45) is 0 Å². The standard InChI is InChI=1S/C16H18N2OS/c1-4-11-5-7-12(8-6-11)14-17-15(19)13-9(2)10(3)20-16(13)18-14/h5-8,14,18H,4H2,1-3H3,(H,17,19). The fraction of sp³-hybridized carbons (Fsp3) is 0.312. The SMILES string of the molecule is CCc1ccc(C2NC(=O)c3c(sc(C)c3C)N2)cc1. The van der Waals surface area contributed by atoms with Gasteiger partial charge in [-0.2, -0.15) is 0 Å². The van der Waals surface area contributed by atoms with Crippen LogP contribution in [0.3, 0.4) is 0 Å². The van der Waals surface area contributed by atoms with Gasteiger partial charge in [0.1, 0.15) is 11.2 Å². The van der Waals surface area contributed by atoms with E-state index in [1.165, 1.54) is 10.4 Å². The maximum absolute atomic E-state index is 12.3. The Morgan fingerprint density at radius 3 is 2.50 bits per heavy atom. The molecule has 2 heterocycles. The first-order chi connectivity index (χ1) is 9.60. The lowest BCUT2D eigenvalue weighted by Gasteiger charge is -2.26. The molecular formula is C16H18N2OS. The molecule has 3 nitrogen and oxygen atoms in total. The molecule has 1 atom stereocenters. The number of thiophene rings is 1. The molecule has 0 fully saturated rings. The van der Waals surface area contributed by atoms with Crippen molar-refractivity contribution >= 4 is 22.2 Å². The summed E-state index contributed by atoms with van der Waals surface area (Å²) in [6.45, 7) is 6.19. The fourth-order valence-electron chi connectivity index (χ4n) is 2.48. The van der Waals surface area contributed by atoms with Crippen LogP contribution in [0.1, 0.15) is 45.0 Å². The second kappa shape index (κ2) is 4.94. The van der Waals surface area contributed by atoms with Crippen LogP contribution >= 0.6 is 11.3 Å². The molecule has 2 aromatic rings. The van der Waals surface area contributed by atoms with Crippen LogP contribution in [-0.2, 0) is 6.42 Å². The summed E-state index contributed by atoms with van der Waals surface area (Å²) < 4.78 is 0. The Hall–Kier alpha value is -1.81. The second-order valence-corrected chi connectivity index (χ2v) is 6.36. The molecular weight excluding hydrogens is 268 g/mol. The molecule has 20 heavy (non-hydrogen) atoms. The number of amides is 1. The van der Waals surface area contributed by atoms with Crippen molar-refractivity contribution in [3.05, 3.63) is 51.4 Å². The minimum absolute atomic E-state index is 0.0187. The van der Waals surface area contributed by atoms with Gasteiger partial charge in [0.05, 0.1) is 5.56 Å². The lowest BCUT2D eigenvalue weighted by atomic mass is 10.0. The van der Waals surface area contributed by atoms with Crippen molar-refractivity contribution in [3.8, 4) is 0 Å². The number of anilines is 1. The van der Waals surface area contributed by atoms with Crippen LogP contribution in [0, 0.1) is 13.8 Å². The van der Waals surface area contributed by atoms with Gasteiger partial charge in [-0.15, -0.1) is 11.3 Å². The van der Waals surface area contributed by atoms with Gasteiger partial charge in [0, 0.05) is 4.88 Å². The largest absolute Gasteiger partial charge is 0.353 e. The van der Waals surface area contributed by atoms with E-state index in [-0.39, 0.29) is 12.1 Å². The second-order valence-electron chi connectivity index (χ2n) is 5.13. The highest BCUT2D eigenvalue weighted by atomic mass is 32.1. The van der Waals surface area contributed by atoms with E-state index in [4.69, 9.17) is 0 Å². The molecule has 0 radical (unpaired) electrons. The van der Waals surface area contributed by atoms with Crippen molar-refractivity contribution in [2.75, 3.05) is 5.32 Å². The molecule has 0 saturated heterocycles. The van der Waals surface area contributed by atoms with Gasteiger partial charge >= 0.3 is 0 Å². The van der Waals surface area contributed by atoms with Gasteiger partial charge < -0.3 is 10.6 Å². The van der Waals surface area contributed by atoms with Crippen LogP contribution < -0.4 is 10.6 Å². The van der Waals surface area contributed by atoms with E-state index >= 15 is 0 Å². The first kappa shape index (κ1) is 13.2. The summed E-state index contributed by atoms with van der Waals surface area (Å²) in [6.07, 6.45) is 0.886. The van der Waals surface area contributed by atoms with Gasteiger partial charge in [-0.25, -0.2) is 0 Å². The molecule has 1 aliphatic heterocycles. The first-order valence-electron chi connectivity index (χ1n) is 6.86. The number of carbonyl (C=O) groups is 1. The van der Waals surface area contributed by atoms with Crippen molar-refractivity contribution in [3.63, 3.8) is 0 Å². The quantitative estimate of drug-likeness (QED) is 0.882. The lowest BCUT2D eigenvalue weighted by molar-refractivity contribution is 0.0936. The highest BCUT2D eigenvalue weighted by Gasteiger charge is 2.28. The van der Waals surface area contributed by atoms with Crippen LogP contribution in [0.25, 0.3) is 0 Å². The molecule has 0 saturated carbocycles. The van der Waals surface area contributed by atoms with E-state index in [1.807, 2.05) is 6.92 Å². The zero-order chi connectivity index (χ0) is 14.3. The monoisotopic (exact) mass is 286 g/mol. The van der Waals surface area contributed by atoms with E-state index in [1.54, 1.807) is 11.3 Å². The number of hydrogen-bond donors (Lipinski definition) is 2. The lowest BCUT2D eigenvalue weighted by Crippen LogP contribution is -2.38. The molecule has 104 valence electrons. The van der Waals surface area contributed by atoms with E-state index in [0.717, 1.165) is 28.1 Å². The maximum atomic E-state index is 12.3. The number of nitrogens with one attached hydrogen (secondary N) is 2. The smallest absolute Gasteiger partial charge is 0.256 e. The van der Waals surface area contributed by atoms with E-state index in [2.05, 4.69) is 48.7 Å². The van der Waals surface area contributed by atoms with Crippen molar-refractivity contribution in [1.82, 2.24) is 5.32 Å². The number of carbonyl (C=O) groups excluding carboxylic acids is 1. The summed E-state index contributed by atoms with van der Waals surface area (Å²) in [6, 6.07) is 8.39. The Kier molecular flexibility index (Phi) is 3.26. The molecule has 0 aliphatic carbocycles. The molecule has 0 bridgehead atoms. The van der Waals surface area contributed by atoms with Crippen LogP contribution in [0.15, 0.2) is 24.3 Å². The fourth-order valence-corrected chi connectivity index (χ4v) is 3.57. The Bertz CT molecular complexity index is 658. The molecule has 1 aromatic heterocycles. The third kappa shape index (κ3) is 2.10. The van der Waals surface area contributed by atoms with Crippen LogP contribution in [0.4, 0.5) is 5.00 Å². The predicted octanol–water partition coefficient (Wildman–Crippen LogP) is 3.78. The third-order valence-electron chi connectivity index (χ3n) is 3.88. The molecule has 3 rings (SSSR count). The zero-order valence-corrected chi connectivity index (χ0v) is 12.7. The molecule has 1 amide bonds. The van der Waals surface area contributed by atoms with Gasteiger partial charge in [0.25, 0.3) is 5.91 Å². The minimum Gasteiger partial charge on any atom is -0.353 e. The Labute approximate surface area is 123 Å². The number of hydrogen-bond acceptors (Lipinski definition) is 3. The maximum Gasteiger partial charge on any atom is 0.256 e. The minimum atomic E-state index is -0.140. The average Bonchev–Trinajstić information content (AvgIpc) is 2.74. The van der Waals surface area contributed by atoms with Crippen molar-refractivity contribution < 1.29 is 4.79 Å². The highest BCUT2D eigenvalue weighted by Crippen LogP contribution is 2.37. The molecule has 4 heteroatoms. The van der Waals surface area contributed by atoms with Crippen LogP contribution in [0.5, 0.6) is 0 Å². The van der Waals surface area contributed by atoms with Gasteiger partial charge in [0.2, 0.25) is 0 Å². The van der Waals surface area contributed by atoms with Crippen LogP contribution in [-0.4, -0.2) is 5.91 Å². The third-order valence-corrected chi connectivity index (χ3v) is 5.02. The van der Waals surface area contributed by atoms with E-state index in [9.17, 15) is 4.79 Å². The summed E-state index contributed by atoms with van der Waals surface area (Å²) in [5, 5.41) is 7.45. The Morgan fingerprint density at radius 1 is 1.15 bits per heavy atom. The van der Waals surface area contributed by atoms with Gasteiger partial charge in [-0.05, 0) is 37.0 Å². The van der Waals surface area contributed by atoms with Gasteiger partial charge in [0.15, 0.2) is 0 Å². The molecule has 1 unspecified atom stereocenters. The van der Waals surface area contributed by atoms with Crippen LogP contribution in [0.2, 0.25) is 0 Å². The summed E-state index contributed by atoms with van der Waals surface area (Å²) in [4.78, 5) is 13.5.